The molecule has 3 heteroatoms. The minimum atomic E-state index is 0.338. The van der Waals surface area contributed by atoms with Crippen LogP contribution in [0.5, 0.6) is 0 Å². The summed E-state index contributed by atoms with van der Waals surface area (Å²) in [5.41, 5.74) is 2.52. The lowest BCUT2D eigenvalue weighted by molar-refractivity contribution is -0.140. The maximum atomic E-state index is 12.2. The SMILES string of the molecule is Cc1cccc(CN2C(=O)CCC3CNCCC32)c1. The second-order valence-corrected chi connectivity index (χ2v) is 5.87. The average molecular weight is 258 g/mol. The monoisotopic (exact) mass is 258 g/mol. The van der Waals surface area contributed by atoms with Gasteiger partial charge in [0.25, 0.3) is 0 Å². The Hall–Kier alpha value is -1.35. The van der Waals surface area contributed by atoms with Crippen LogP contribution in [0.15, 0.2) is 24.3 Å². The summed E-state index contributed by atoms with van der Waals surface area (Å²) in [6.07, 6.45) is 2.87. The minimum absolute atomic E-state index is 0.338. The molecule has 2 unspecified atom stereocenters. The second kappa shape index (κ2) is 5.33. The zero-order chi connectivity index (χ0) is 13.2. The van der Waals surface area contributed by atoms with Crippen LogP contribution >= 0.6 is 0 Å². The predicted molar refractivity (Wildman–Crippen MR) is 75.7 cm³/mol. The van der Waals surface area contributed by atoms with E-state index in [1.807, 2.05) is 0 Å². The van der Waals surface area contributed by atoms with E-state index >= 15 is 0 Å². The topological polar surface area (TPSA) is 32.3 Å². The summed E-state index contributed by atoms with van der Waals surface area (Å²) in [4.78, 5) is 14.4. The Bertz CT molecular complexity index is 472. The molecule has 0 aromatic heterocycles. The number of nitrogens with zero attached hydrogens (tertiary/aromatic N) is 1. The molecule has 3 rings (SSSR count). The van der Waals surface area contributed by atoms with Crippen LogP contribution in [-0.4, -0.2) is 29.9 Å². The zero-order valence-electron chi connectivity index (χ0n) is 11.6. The van der Waals surface area contributed by atoms with Crippen molar-refractivity contribution in [3.05, 3.63) is 35.4 Å². The number of amides is 1. The molecule has 0 spiro atoms. The smallest absolute Gasteiger partial charge is 0.223 e. The van der Waals surface area contributed by atoms with E-state index in [0.717, 1.165) is 32.5 Å². The number of fused-ring (bicyclic) bond motifs is 1. The van der Waals surface area contributed by atoms with Crippen molar-refractivity contribution in [1.82, 2.24) is 10.2 Å². The molecule has 2 aliphatic rings. The van der Waals surface area contributed by atoms with Crippen LogP contribution in [-0.2, 0) is 11.3 Å². The van der Waals surface area contributed by atoms with E-state index in [4.69, 9.17) is 0 Å². The molecular formula is C16H22N2O. The number of rotatable bonds is 2. The highest BCUT2D eigenvalue weighted by Gasteiger charge is 2.36. The third-order valence-electron chi connectivity index (χ3n) is 4.45. The normalized spacial score (nSPS) is 27.2. The zero-order valence-corrected chi connectivity index (χ0v) is 11.6. The van der Waals surface area contributed by atoms with Gasteiger partial charge in [-0.05, 0) is 44.3 Å². The fourth-order valence-corrected chi connectivity index (χ4v) is 3.46. The fourth-order valence-electron chi connectivity index (χ4n) is 3.46. The fraction of sp³-hybridized carbons (Fsp3) is 0.562. The van der Waals surface area contributed by atoms with Crippen LogP contribution in [0.1, 0.15) is 30.4 Å². The molecule has 2 fully saturated rings. The predicted octanol–water partition coefficient (Wildman–Crippen LogP) is 2.10. The van der Waals surface area contributed by atoms with Gasteiger partial charge >= 0.3 is 0 Å². The number of hydrogen-bond donors (Lipinski definition) is 1. The van der Waals surface area contributed by atoms with Crippen LogP contribution < -0.4 is 5.32 Å². The molecule has 0 aliphatic carbocycles. The van der Waals surface area contributed by atoms with Gasteiger partial charge in [-0.25, -0.2) is 0 Å². The number of benzene rings is 1. The second-order valence-electron chi connectivity index (χ2n) is 5.87. The third-order valence-corrected chi connectivity index (χ3v) is 4.45. The van der Waals surface area contributed by atoms with Crippen molar-refractivity contribution in [1.29, 1.82) is 0 Å². The first-order valence-electron chi connectivity index (χ1n) is 7.30. The summed E-state index contributed by atoms with van der Waals surface area (Å²) >= 11 is 0. The summed E-state index contributed by atoms with van der Waals surface area (Å²) in [5, 5.41) is 3.45. The Morgan fingerprint density at radius 2 is 2.26 bits per heavy atom. The maximum absolute atomic E-state index is 12.2. The molecule has 2 aliphatic heterocycles. The number of piperidine rings is 2. The lowest BCUT2D eigenvalue weighted by Crippen LogP contribution is -2.54. The number of aryl methyl sites for hydroxylation is 1. The molecule has 1 N–H and O–H groups in total. The van der Waals surface area contributed by atoms with Crippen molar-refractivity contribution in [3.8, 4) is 0 Å². The molecule has 2 saturated heterocycles. The highest BCUT2D eigenvalue weighted by atomic mass is 16.2. The van der Waals surface area contributed by atoms with Gasteiger partial charge in [0.2, 0.25) is 5.91 Å². The van der Waals surface area contributed by atoms with E-state index in [0.29, 0.717) is 24.3 Å². The Kier molecular flexibility index (Phi) is 3.56. The number of carbonyl (C=O) groups excluding carboxylic acids is 1. The van der Waals surface area contributed by atoms with Crippen molar-refractivity contribution in [3.63, 3.8) is 0 Å². The molecule has 19 heavy (non-hydrogen) atoms. The molecule has 0 bridgehead atoms. The Morgan fingerprint density at radius 3 is 3.11 bits per heavy atom. The van der Waals surface area contributed by atoms with Crippen molar-refractivity contribution >= 4 is 5.91 Å². The van der Waals surface area contributed by atoms with E-state index < -0.39 is 0 Å². The van der Waals surface area contributed by atoms with Crippen LogP contribution in [0.2, 0.25) is 0 Å². The highest BCUT2D eigenvalue weighted by molar-refractivity contribution is 5.77. The summed E-state index contributed by atoms with van der Waals surface area (Å²) < 4.78 is 0. The summed E-state index contributed by atoms with van der Waals surface area (Å²) in [6.45, 7) is 5.00. The molecule has 102 valence electrons. The molecule has 0 saturated carbocycles. The van der Waals surface area contributed by atoms with Gasteiger partial charge in [0.05, 0.1) is 0 Å². The van der Waals surface area contributed by atoms with Gasteiger partial charge in [-0.3, -0.25) is 4.79 Å². The van der Waals surface area contributed by atoms with Gasteiger partial charge in [0, 0.05) is 19.0 Å². The largest absolute Gasteiger partial charge is 0.335 e. The Labute approximate surface area is 115 Å². The number of likely N-dealkylation sites (tertiary alicyclic amines) is 1. The van der Waals surface area contributed by atoms with Crippen molar-refractivity contribution in [2.24, 2.45) is 5.92 Å². The lowest BCUT2D eigenvalue weighted by Gasteiger charge is -2.44. The molecule has 0 radical (unpaired) electrons. The molecule has 1 aromatic rings. The van der Waals surface area contributed by atoms with Crippen LogP contribution in [0.3, 0.4) is 0 Å². The van der Waals surface area contributed by atoms with E-state index in [9.17, 15) is 4.79 Å². The molecule has 2 atom stereocenters. The highest BCUT2D eigenvalue weighted by Crippen LogP contribution is 2.29. The van der Waals surface area contributed by atoms with E-state index in [1.54, 1.807) is 0 Å². The molecule has 1 aromatic carbocycles. The Morgan fingerprint density at radius 1 is 1.37 bits per heavy atom. The van der Waals surface area contributed by atoms with E-state index in [-0.39, 0.29) is 0 Å². The van der Waals surface area contributed by atoms with Crippen molar-refractivity contribution < 1.29 is 4.79 Å². The Balaban J connectivity index is 1.78. The number of carbonyl (C=O) groups is 1. The van der Waals surface area contributed by atoms with Gasteiger partial charge in [0.15, 0.2) is 0 Å². The molecule has 1 amide bonds. The summed E-state index contributed by atoms with van der Waals surface area (Å²) in [6, 6.07) is 8.96. The first kappa shape index (κ1) is 12.7. The standard InChI is InChI=1S/C16H22N2O/c1-12-3-2-4-13(9-12)11-18-15-7-8-17-10-14(15)5-6-16(18)19/h2-4,9,14-15,17H,5-8,10-11H2,1H3. The quantitative estimate of drug-likeness (QED) is 0.881. The van der Waals surface area contributed by atoms with Crippen molar-refractivity contribution in [2.75, 3.05) is 13.1 Å². The van der Waals surface area contributed by atoms with Crippen LogP contribution in [0.4, 0.5) is 0 Å². The van der Waals surface area contributed by atoms with Gasteiger partial charge < -0.3 is 10.2 Å². The lowest BCUT2D eigenvalue weighted by atomic mass is 9.84. The first-order valence-corrected chi connectivity index (χ1v) is 7.30. The third kappa shape index (κ3) is 2.66. The maximum Gasteiger partial charge on any atom is 0.223 e. The molecule has 3 nitrogen and oxygen atoms in total. The van der Waals surface area contributed by atoms with E-state index in [1.165, 1.54) is 11.1 Å². The molecular weight excluding hydrogens is 236 g/mol. The molecule has 2 heterocycles. The first-order chi connectivity index (χ1) is 9.24. The average Bonchev–Trinajstić information content (AvgIpc) is 2.42. The van der Waals surface area contributed by atoms with Gasteiger partial charge in [0.1, 0.15) is 0 Å². The summed E-state index contributed by atoms with van der Waals surface area (Å²) in [5.74, 6) is 0.987. The van der Waals surface area contributed by atoms with Gasteiger partial charge in [-0.1, -0.05) is 29.8 Å². The van der Waals surface area contributed by atoms with Gasteiger partial charge in [-0.2, -0.15) is 0 Å². The number of hydrogen-bond acceptors (Lipinski definition) is 2. The van der Waals surface area contributed by atoms with Crippen LogP contribution in [0, 0.1) is 12.8 Å². The van der Waals surface area contributed by atoms with Crippen molar-refractivity contribution in [2.45, 2.75) is 38.8 Å². The summed E-state index contributed by atoms with van der Waals surface area (Å²) in [7, 11) is 0. The number of nitrogens with one attached hydrogen (secondary N) is 1. The van der Waals surface area contributed by atoms with Crippen LogP contribution in [0.25, 0.3) is 0 Å². The van der Waals surface area contributed by atoms with Gasteiger partial charge in [-0.15, -0.1) is 0 Å². The van der Waals surface area contributed by atoms with E-state index in [2.05, 4.69) is 41.4 Å². The minimum Gasteiger partial charge on any atom is -0.335 e.